The summed E-state index contributed by atoms with van der Waals surface area (Å²) in [4.78, 5) is 45.8. The maximum absolute atomic E-state index is 16.0. The van der Waals surface area contributed by atoms with Crippen LogP contribution in [0.3, 0.4) is 0 Å². The summed E-state index contributed by atoms with van der Waals surface area (Å²) in [5.41, 5.74) is -2.15. The van der Waals surface area contributed by atoms with E-state index in [9.17, 15) is 18.0 Å². The molecule has 1 saturated heterocycles. The molecule has 0 radical (unpaired) electrons. The highest BCUT2D eigenvalue weighted by Gasteiger charge is 2.38. The molecule has 1 aliphatic heterocycles. The van der Waals surface area contributed by atoms with Crippen molar-refractivity contribution in [2.45, 2.75) is 30.8 Å². The summed E-state index contributed by atoms with van der Waals surface area (Å²) in [6, 6.07) is 4.81. The van der Waals surface area contributed by atoms with Crippen molar-refractivity contribution in [1.29, 1.82) is 0 Å². The van der Waals surface area contributed by atoms with E-state index in [1.54, 1.807) is 11.8 Å². The van der Waals surface area contributed by atoms with Gasteiger partial charge in [0.05, 0.1) is 32.2 Å². The van der Waals surface area contributed by atoms with Crippen LogP contribution < -0.4 is 10.6 Å². The first-order valence-electron chi connectivity index (χ1n) is 13.5. The number of benzene rings is 1. The number of carbonyl (C=O) groups is 1. The zero-order chi connectivity index (χ0) is 32.8. The molecule has 4 aromatic rings. The van der Waals surface area contributed by atoms with Crippen LogP contribution in [-0.2, 0) is 14.6 Å². The molecule has 4 heterocycles. The first kappa shape index (κ1) is 31.7. The lowest BCUT2D eigenvalue weighted by atomic mass is 10.0. The number of hydrogen-bond donors (Lipinski definition) is 0. The number of anilines is 1. The third-order valence-electron chi connectivity index (χ3n) is 7.51. The van der Waals surface area contributed by atoms with Crippen molar-refractivity contribution in [2.75, 3.05) is 30.8 Å². The SMILES string of the molecule is [C-]#[N+]C[C@H]1CN(C(=O)C=C)C[C@H](C)N1c1nc(=O)n(-c2c(S(C)(=O)=O)ccnc2C)c2nc(-c3c(F)cccc3Cl)c(F)cc12. The van der Waals surface area contributed by atoms with Crippen molar-refractivity contribution in [3.05, 3.63) is 93.4 Å². The number of hydrogen-bond acceptors (Lipinski definition) is 8. The zero-order valence-corrected chi connectivity index (χ0v) is 25.9. The van der Waals surface area contributed by atoms with E-state index < -0.39 is 44.9 Å². The lowest BCUT2D eigenvalue weighted by molar-refractivity contribution is -0.127. The third kappa shape index (κ3) is 5.65. The van der Waals surface area contributed by atoms with E-state index in [0.29, 0.717) is 0 Å². The molecule has 5 rings (SSSR count). The van der Waals surface area contributed by atoms with Gasteiger partial charge in [0.2, 0.25) is 12.5 Å². The summed E-state index contributed by atoms with van der Waals surface area (Å²) in [5.74, 6) is -2.26. The molecule has 2 atom stereocenters. The summed E-state index contributed by atoms with van der Waals surface area (Å²) in [6.07, 6.45) is 3.39. The number of aryl methyl sites for hydroxylation is 1. The number of pyridine rings is 2. The van der Waals surface area contributed by atoms with Crippen LogP contribution in [0.2, 0.25) is 5.02 Å². The van der Waals surface area contributed by atoms with Gasteiger partial charge in [-0.2, -0.15) is 4.98 Å². The van der Waals surface area contributed by atoms with Crippen LogP contribution in [0.1, 0.15) is 12.6 Å². The monoisotopic (exact) mass is 653 g/mol. The molecular formula is C30H26ClF2N7O4S. The molecule has 0 unspecified atom stereocenters. The Kier molecular flexibility index (Phi) is 8.43. The molecule has 0 bridgehead atoms. The van der Waals surface area contributed by atoms with E-state index >= 15 is 8.78 Å². The van der Waals surface area contributed by atoms with Gasteiger partial charge in [0.25, 0.3) is 0 Å². The quantitative estimate of drug-likeness (QED) is 0.226. The van der Waals surface area contributed by atoms with Crippen LogP contribution in [-0.4, -0.2) is 76.7 Å². The fourth-order valence-electron chi connectivity index (χ4n) is 5.64. The van der Waals surface area contributed by atoms with Gasteiger partial charge >= 0.3 is 5.69 Å². The Hall–Kier alpha value is -4.74. The third-order valence-corrected chi connectivity index (χ3v) is 8.95. The summed E-state index contributed by atoms with van der Waals surface area (Å²) >= 11 is 6.27. The normalized spacial score (nSPS) is 16.9. The van der Waals surface area contributed by atoms with Gasteiger partial charge < -0.3 is 14.6 Å². The standard InChI is InChI=1S/C30H26ClF2N7O4S/c1-6-24(41)38-14-16(2)39(18(15-38)13-34-4)29-19-12-22(33)26(25-20(31)8-7-9-21(25)32)36-28(19)40(30(42)37-29)27-17(3)35-11-10-23(27)45(5,43)44/h6-12,16,18H,1,13-15H2,2-3,5H3/t16-,18-/m0/s1. The number of aromatic nitrogens is 4. The smallest absolute Gasteiger partial charge is 0.339 e. The van der Waals surface area contributed by atoms with Crippen molar-refractivity contribution in [1.82, 2.24) is 24.4 Å². The number of fused-ring (bicyclic) bond motifs is 1. The van der Waals surface area contributed by atoms with E-state index in [4.69, 9.17) is 18.2 Å². The second kappa shape index (κ2) is 12.0. The molecular weight excluding hydrogens is 628 g/mol. The van der Waals surface area contributed by atoms with Gasteiger partial charge in [0.15, 0.2) is 21.3 Å². The average molecular weight is 654 g/mol. The lowest BCUT2D eigenvalue weighted by Gasteiger charge is -2.44. The number of nitrogens with zero attached hydrogens (tertiary/aromatic N) is 7. The Labute approximate surface area is 262 Å². The molecule has 1 amide bonds. The van der Waals surface area contributed by atoms with Gasteiger partial charge in [0, 0.05) is 31.6 Å². The van der Waals surface area contributed by atoms with Gasteiger partial charge in [-0.05, 0) is 44.2 Å². The average Bonchev–Trinajstić information content (AvgIpc) is 2.97. The molecule has 232 valence electrons. The molecule has 1 fully saturated rings. The maximum Gasteiger partial charge on any atom is 0.355 e. The predicted molar refractivity (Wildman–Crippen MR) is 165 cm³/mol. The Morgan fingerprint density at radius 3 is 2.60 bits per heavy atom. The molecule has 0 N–H and O–H groups in total. The lowest BCUT2D eigenvalue weighted by Crippen LogP contribution is -2.60. The highest BCUT2D eigenvalue weighted by Crippen LogP contribution is 2.37. The van der Waals surface area contributed by atoms with Crippen LogP contribution in [0.5, 0.6) is 0 Å². The van der Waals surface area contributed by atoms with Gasteiger partial charge in [-0.3, -0.25) is 9.78 Å². The van der Waals surface area contributed by atoms with E-state index in [-0.39, 0.29) is 69.3 Å². The van der Waals surface area contributed by atoms with Crippen LogP contribution in [0.4, 0.5) is 14.6 Å². The van der Waals surface area contributed by atoms with Crippen molar-refractivity contribution < 1.29 is 22.0 Å². The van der Waals surface area contributed by atoms with E-state index in [1.165, 1.54) is 36.2 Å². The molecule has 1 aliphatic rings. The molecule has 15 heteroatoms. The summed E-state index contributed by atoms with van der Waals surface area (Å²) in [7, 11) is -3.95. The number of carbonyl (C=O) groups excluding carboxylic acids is 1. The van der Waals surface area contributed by atoms with E-state index in [0.717, 1.165) is 29.0 Å². The maximum atomic E-state index is 16.0. The van der Waals surface area contributed by atoms with Gasteiger partial charge in [0.1, 0.15) is 23.4 Å². The minimum absolute atomic E-state index is 0.0312. The first-order chi connectivity index (χ1) is 21.3. The van der Waals surface area contributed by atoms with Crippen molar-refractivity contribution in [3.63, 3.8) is 0 Å². The summed E-state index contributed by atoms with van der Waals surface area (Å²) in [5, 5.41) is -0.177. The molecule has 0 aliphatic carbocycles. The second-order valence-corrected chi connectivity index (χ2v) is 12.9. The van der Waals surface area contributed by atoms with Crippen molar-refractivity contribution in [3.8, 4) is 16.9 Å². The first-order valence-corrected chi connectivity index (χ1v) is 15.8. The highest BCUT2D eigenvalue weighted by molar-refractivity contribution is 7.90. The van der Waals surface area contributed by atoms with Crippen LogP contribution in [0.15, 0.2) is 58.9 Å². The number of piperazine rings is 1. The van der Waals surface area contributed by atoms with Crippen molar-refractivity contribution >= 4 is 44.2 Å². The fraction of sp³-hybridized carbons (Fsp3) is 0.267. The highest BCUT2D eigenvalue weighted by atomic mass is 35.5. The molecule has 1 aromatic carbocycles. The minimum Gasteiger partial charge on any atom is -0.339 e. The molecule has 45 heavy (non-hydrogen) atoms. The fourth-order valence-corrected chi connectivity index (χ4v) is 6.79. The number of rotatable bonds is 6. The van der Waals surface area contributed by atoms with Gasteiger partial charge in [-0.15, -0.1) is 0 Å². The van der Waals surface area contributed by atoms with Crippen molar-refractivity contribution in [2.24, 2.45) is 0 Å². The topological polar surface area (TPSA) is 123 Å². The number of sulfone groups is 1. The largest absolute Gasteiger partial charge is 0.355 e. The summed E-state index contributed by atoms with van der Waals surface area (Å²) < 4.78 is 57.7. The zero-order valence-electron chi connectivity index (χ0n) is 24.3. The Morgan fingerprint density at radius 2 is 1.96 bits per heavy atom. The molecule has 0 spiro atoms. The molecule has 0 saturated carbocycles. The van der Waals surface area contributed by atoms with Gasteiger partial charge in [-0.25, -0.2) is 38.1 Å². The Morgan fingerprint density at radius 1 is 1.22 bits per heavy atom. The van der Waals surface area contributed by atoms with Crippen LogP contribution in [0.25, 0.3) is 32.8 Å². The second-order valence-electron chi connectivity index (χ2n) is 10.6. The molecule has 3 aromatic heterocycles. The minimum atomic E-state index is -3.95. The number of halogens is 3. The van der Waals surface area contributed by atoms with Gasteiger partial charge in [-0.1, -0.05) is 24.2 Å². The summed E-state index contributed by atoms with van der Waals surface area (Å²) in [6.45, 7) is 14.5. The predicted octanol–water partition coefficient (Wildman–Crippen LogP) is 4.00. The van der Waals surface area contributed by atoms with E-state index in [2.05, 4.69) is 26.4 Å². The van der Waals surface area contributed by atoms with E-state index in [1.807, 2.05) is 0 Å². The number of amides is 1. The Balaban J connectivity index is 1.90. The van der Waals surface area contributed by atoms with Crippen LogP contribution in [0, 0.1) is 25.1 Å². The van der Waals surface area contributed by atoms with Crippen LogP contribution >= 0.6 is 11.6 Å². The Bertz CT molecular complexity index is 2080. The molecule has 11 nitrogen and oxygen atoms in total.